The Balaban J connectivity index is 2.00. The van der Waals surface area contributed by atoms with Crippen LogP contribution in [0.15, 0.2) is 53.0 Å². The molecule has 0 fully saturated rings. The number of carbonyl (C=O) groups is 1. The topological polar surface area (TPSA) is 26.3 Å². The van der Waals surface area contributed by atoms with Crippen molar-refractivity contribution >= 4 is 21.7 Å². The fourth-order valence-electron chi connectivity index (χ4n) is 1.89. The van der Waals surface area contributed by atoms with Gasteiger partial charge in [-0.15, -0.1) is 0 Å². The van der Waals surface area contributed by atoms with Crippen LogP contribution in [0.4, 0.5) is 0 Å². The molecule has 0 aromatic heterocycles. The summed E-state index contributed by atoms with van der Waals surface area (Å²) in [6.45, 7) is 0. The van der Waals surface area contributed by atoms with Gasteiger partial charge in [-0.2, -0.15) is 0 Å². The van der Waals surface area contributed by atoms with Gasteiger partial charge in [0.2, 0.25) is 0 Å². The van der Waals surface area contributed by atoms with Crippen molar-refractivity contribution in [2.75, 3.05) is 7.11 Å². The summed E-state index contributed by atoms with van der Waals surface area (Å²) in [4.78, 5) is 12.1. The summed E-state index contributed by atoms with van der Waals surface area (Å²) in [6, 6.07) is 15.3. The summed E-state index contributed by atoms with van der Waals surface area (Å²) in [5.74, 6) is 0.983. The average Bonchev–Trinajstić information content (AvgIpc) is 2.45. The van der Waals surface area contributed by atoms with E-state index in [1.165, 1.54) is 0 Å². The van der Waals surface area contributed by atoms with E-state index < -0.39 is 0 Å². The molecule has 0 atom stereocenters. The number of methoxy groups -OCH3 is 1. The SMILES string of the molecule is COc1cccc(CCC(=O)c2cccc(Br)c2)c1. The molecule has 0 radical (unpaired) electrons. The van der Waals surface area contributed by atoms with Crippen LogP contribution < -0.4 is 4.74 Å². The maximum absolute atomic E-state index is 12.1. The highest BCUT2D eigenvalue weighted by molar-refractivity contribution is 9.10. The molecule has 0 aliphatic carbocycles. The van der Waals surface area contributed by atoms with E-state index in [1.54, 1.807) is 7.11 Å². The maximum Gasteiger partial charge on any atom is 0.163 e. The van der Waals surface area contributed by atoms with Gasteiger partial charge in [-0.1, -0.05) is 40.2 Å². The number of benzene rings is 2. The molecule has 19 heavy (non-hydrogen) atoms. The quantitative estimate of drug-likeness (QED) is 0.769. The van der Waals surface area contributed by atoms with Crippen LogP contribution in [-0.2, 0) is 6.42 Å². The molecule has 0 saturated carbocycles. The predicted octanol–water partition coefficient (Wildman–Crippen LogP) is 4.27. The normalized spacial score (nSPS) is 10.2. The molecule has 0 bridgehead atoms. The minimum atomic E-state index is 0.157. The number of ketones is 1. The largest absolute Gasteiger partial charge is 0.497 e. The summed E-state index contributed by atoms with van der Waals surface area (Å²) in [5.41, 5.74) is 1.86. The lowest BCUT2D eigenvalue weighted by atomic mass is 10.0. The zero-order valence-electron chi connectivity index (χ0n) is 10.7. The second-order valence-corrected chi connectivity index (χ2v) is 5.20. The van der Waals surface area contributed by atoms with E-state index in [0.717, 1.165) is 27.8 Å². The average molecular weight is 319 g/mol. The van der Waals surface area contributed by atoms with Crippen LogP contribution in [0.3, 0.4) is 0 Å². The molecular weight excluding hydrogens is 304 g/mol. The van der Waals surface area contributed by atoms with E-state index in [0.29, 0.717) is 6.42 Å². The Hall–Kier alpha value is -1.61. The Kier molecular flexibility index (Phi) is 4.74. The van der Waals surface area contributed by atoms with Crippen molar-refractivity contribution in [3.63, 3.8) is 0 Å². The maximum atomic E-state index is 12.1. The van der Waals surface area contributed by atoms with Crippen molar-refractivity contribution in [3.05, 3.63) is 64.1 Å². The second kappa shape index (κ2) is 6.53. The number of Topliss-reactive ketones (excluding diaryl/α,β-unsaturated/α-hetero) is 1. The number of carbonyl (C=O) groups excluding carboxylic acids is 1. The van der Waals surface area contributed by atoms with Gasteiger partial charge in [-0.05, 0) is 36.2 Å². The monoisotopic (exact) mass is 318 g/mol. The molecule has 0 heterocycles. The van der Waals surface area contributed by atoms with Crippen molar-refractivity contribution in [3.8, 4) is 5.75 Å². The van der Waals surface area contributed by atoms with Crippen LogP contribution in [0.1, 0.15) is 22.3 Å². The van der Waals surface area contributed by atoms with E-state index in [1.807, 2.05) is 48.5 Å². The van der Waals surface area contributed by atoms with Gasteiger partial charge in [0.15, 0.2) is 5.78 Å². The van der Waals surface area contributed by atoms with Gasteiger partial charge >= 0.3 is 0 Å². The molecule has 0 spiro atoms. The van der Waals surface area contributed by atoms with Gasteiger partial charge in [-0.3, -0.25) is 4.79 Å². The first-order chi connectivity index (χ1) is 9.19. The van der Waals surface area contributed by atoms with Crippen molar-refractivity contribution < 1.29 is 9.53 Å². The van der Waals surface area contributed by atoms with Gasteiger partial charge in [0.05, 0.1) is 7.11 Å². The van der Waals surface area contributed by atoms with Crippen LogP contribution in [0.2, 0.25) is 0 Å². The summed E-state index contributed by atoms with van der Waals surface area (Å²) >= 11 is 3.38. The first-order valence-electron chi connectivity index (χ1n) is 6.11. The Morgan fingerprint density at radius 2 is 1.95 bits per heavy atom. The van der Waals surface area contributed by atoms with Crippen LogP contribution in [0, 0.1) is 0 Å². The summed E-state index contributed by atoms with van der Waals surface area (Å²) < 4.78 is 6.10. The molecule has 0 amide bonds. The fourth-order valence-corrected chi connectivity index (χ4v) is 2.29. The molecule has 2 rings (SSSR count). The summed E-state index contributed by atoms with van der Waals surface area (Å²) in [7, 11) is 1.64. The van der Waals surface area contributed by atoms with Gasteiger partial charge in [-0.25, -0.2) is 0 Å². The Morgan fingerprint density at radius 1 is 1.16 bits per heavy atom. The number of hydrogen-bond acceptors (Lipinski definition) is 2. The highest BCUT2D eigenvalue weighted by Crippen LogP contribution is 2.17. The number of hydrogen-bond donors (Lipinski definition) is 0. The molecule has 0 aliphatic rings. The third-order valence-corrected chi connectivity index (χ3v) is 3.41. The third kappa shape index (κ3) is 3.93. The number of ether oxygens (including phenoxy) is 1. The Morgan fingerprint density at radius 3 is 2.68 bits per heavy atom. The number of halogens is 1. The molecule has 2 aromatic carbocycles. The molecule has 2 nitrogen and oxygen atoms in total. The zero-order chi connectivity index (χ0) is 13.7. The Labute approximate surface area is 121 Å². The molecular formula is C16H15BrO2. The van der Waals surface area contributed by atoms with E-state index in [-0.39, 0.29) is 5.78 Å². The second-order valence-electron chi connectivity index (χ2n) is 4.29. The van der Waals surface area contributed by atoms with E-state index >= 15 is 0 Å². The van der Waals surface area contributed by atoms with Crippen LogP contribution in [0.25, 0.3) is 0 Å². The lowest BCUT2D eigenvalue weighted by Gasteiger charge is -2.04. The molecule has 0 N–H and O–H groups in total. The number of rotatable bonds is 5. The molecule has 98 valence electrons. The lowest BCUT2D eigenvalue weighted by Crippen LogP contribution is -2.01. The zero-order valence-corrected chi connectivity index (χ0v) is 12.3. The molecule has 2 aromatic rings. The van der Waals surface area contributed by atoms with E-state index in [4.69, 9.17) is 4.74 Å². The van der Waals surface area contributed by atoms with Crippen LogP contribution >= 0.6 is 15.9 Å². The molecule has 0 saturated heterocycles. The van der Waals surface area contributed by atoms with Gasteiger partial charge in [0, 0.05) is 16.5 Å². The van der Waals surface area contributed by atoms with Crippen molar-refractivity contribution in [2.24, 2.45) is 0 Å². The molecule has 0 unspecified atom stereocenters. The predicted molar refractivity (Wildman–Crippen MR) is 79.8 cm³/mol. The van der Waals surface area contributed by atoms with E-state index in [9.17, 15) is 4.79 Å². The standard InChI is InChI=1S/C16H15BrO2/c1-19-15-7-2-4-12(10-15)8-9-16(18)13-5-3-6-14(17)11-13/h2-7,10-11H,8-9H2,1H3. The third-order valence-electron chi connectivity index (χ3n) is 2.92. The van der Waals surface area contributed by atoms with E-state index in [2.05, 4.69) is 15.9 Å². The van der Waals surface area contributed by atoms with Crippen molar-refractivity contribution in [1.82, 2.24) is 0 Å². The van der Waals surface area contributed by atoms with Gasteiger partial charge in [0.1, 0.15) is 5.75 Å². The molecule has 3 heteroatoms. The minimum absolute atomic E-state index is 0.157. The van der Waals surface area contributed by atoms with Crippen molar-refractivity contribution in [2.45, 2.75) is 12.8 Å². The number of aryl methyl sites for hydroxylation is 1. The minimum Gasteiger partial charge on any atom is -0.497 e. The first-order valence-corrected chi connectivity index (χ1v) is 6.90. The first kappa shape index (κ1) is 13.8. The lowest BCUT2D eigenvalue weighted by molar-refractivity contribution is 0.0982. The highest BCUT2D eigenvalue weighted by atomic mass is 79.9. The summed E-state index contributed by atoms with van der Waals surface area (Å²) in [6.07, 6.45) is 1.23. The smallest absolute Gasteiger partial charge is 0.163 e. The van der Waals surface area contributed by atoms with Gasteiger partial charge < -0.3 is 4.74 Å². The Bertz CT molecular complexity index is 578. The van der Waals surface area contributed by atoms with Crippen molar-refractivity contribution in [1.29, 1.82) is 0 Å². The fraction of sp³-hybridized carbons (Fsp3) is 0.188. The van der Waals surface area contributed by atoms with Crippen LogP contribution in [0.5, 0.6) is 5.75 Å². The van der Waals surface area contributed by atoms with Crippen LogP contribution in [-0.4, -0.2) is 12.9 Å². The molecule has 0 aliphatic heterocycles. The van der Waals surface area contributed by atoms with Gasteiger partial charge in [0.25, 0.3) is 0 Å². The summed E-state index contributed by atoms with van der Waals surface area (Å²) in [5, 5.41) is 0. The highest BCUT2D eigenvalue weighted by Gasteiger charge is 2.06.